The van der Waals surface area contributed by atoms with Crippen molar-refractivity contribution < 1.29 is 22.7 Å². The quantitative estimate of drug-likeness (QED) is 0.635. The maximum absolute atomic E-state index is 12.7. The molecule has 1 aromatic rings. The second-order valence-electron chi connectivity index (χ2n) is 5.26. The van der Waals surface area contributed by atoms with E-state index < -0.39 is 10.0 Å². The van der Waals surface area contributed by atoms with Crippen molar-refractivity contribution in [3.05, 3.63) is 23.8 Å². The summed E-state index contributed by atoms with van der Waals surface area (Å²) >= 11 is 0. The third-order valence-electron chi connectivity index (χ3n) is 3.52. The molecule has 0 unspecified atom stereocenters. The van der Waals surface area contributed by atoms with E-state index in [0.717, 1.165) is 9.87 Å². The molecule has 0 atom stereocenters. The number of methoxy groups -OCH3 is 2. The number of rotatable bonds is 10. The molecule has 0 aliphatic heterocycles. The standard InChI is InChI=1S/C16H26N2O5S/c1-5-18(12-16(19)17-9-6-10-22-3)24(20,21)14-7-8-15(23-4)13(2)11-14/h7-8,11H,5-6,9-10,12H2,1-4H3,(H,17,19). The van der Waals surface area contributed by atoms with Crippen molar-refractivity contribution in [3.8, 4) is 5.75 Å². The van der Waals surface area contributed by atoms with Gasteiger partial charge in [0.15, 0.2) is 0 Å². The van der Waals surface area contributed by atoms with E-state index in [1.54, 1.807) is 33.1 Å². The van der Waals surface area contributed by atoms with Crippen molar-refractivity contribution >= 4 is 15.9 Å². The number of carbonyl (C=O) groups excluding carboxylic acids is 1. The molecule has 0 heterocycles. The predicted octanol–water partition coefficient (Wildman–Crippen LogP) is 1.17. The lowest BCUT2D eigenvalue weighted by atomic mass is 10.2. The van der Waals surface area contributed by atoms with Gasteiger partial charge in [-0.25, -0.2) is 8.42 Å². The summed E-state index contributed by atoms with van der Waals surface area (Å²) in [5, 5.41) is 2.69. The molecule has 0 bridgehead atoms. The minimum atomic E-state index is -3.74. The minimum absolute atomic E-state index is 0.148. The number of amides is 1. The topological polar surface area (TPSA) is 84.9 Å². The number of hydrogen-bond acceptors (Lipinski definition) is 5. The van der Waals surface area contributed by atoms with Crippen LogP contribution in [-0.2, 0) is 19.6 Å². The Bertz CT molecular complexity index is 646. The van der Waals surface area contributed by atoms with Gasteiger partial charge in [0, 0.05) is 26.8 Å². The smallest absolute Gasteiger partial charge is 0.243 e. The summed E-state index contributed by atoms with van der Waals surface area (Å²) in [6, 6.07) is 4.65. The zero-order valence-corrected chi connectivity index (χ0v) is 15.5. The van der Waals surface area contributed by atoms with Crippen LogP contribution in [0.5, 0.6) is 5.75 Å². The Morgan fingerprint density at radius 1 is 1.29 bits per heavy atom. The lowest BCUT2D eigenvalue weighted by molar-refractivity contribution is -0.121. The Morgan fingerprint density at radius 2 is 2.00 bits per heavy atom. The van der Waals surface area contributed by atoms with E-state index in [2.05, 4.69) is 5.32 Å². The lowest BCUT2D eigenvalue weighted by Crippen LogP contribution is -2.41. The van der Waals surface area contributed by atoms with Crippen LogP contribution in [-0.4, -0.2) is 59.1 Å². The summed E-state index contributed by atoms with van der Waals surface area (Å²) in [6.07, 6.45) is 0.679. The molecule has 1 rings (SSSR count). The van der Waals surface area contributed by atoms with Crippen molar-refractivity contribution in [3.63, 3.8) is 0 Å². The van der Waals surface area contributed by atoms with Gasteiger partial charge in [-0.2, -0.15) is 4.31 Å². The van der Waals surface area contributed by atoms with Crippen LogP contribution in [0.15, 0.2) is 23.1 Å². The number of hydrogen-bond donors (Lipinski definition) is 1. The van der Waals surface area contributed by atoms with Gasteiger partial charge >= 0.3 is 0 Å². The van der Waals surface area contributed by atoms with Crippen molar-refractivity contribution in [1.29, 1.82) is 0 Å². The van der Waals surface area contributed by atoms with Crippen LogP contribution >= 0.6 is 0 Å². The van der Waals surface area contributed by atoms with Crippen molar-refractivity contribution in [2.75, 3.05) is 40.5 Å². The summed E-state index contributed by atoms with van der Waals surface area (Å²) in [4.78, 5) is 12.1. The molecule has 0 saturated heterocycles. The Hall–Kier alpha value is -1.64. The first-order valence-corrected chi connectivity index (χ1v) is 9.21. The van der Waals surface area contributed by atoms with E-state index in [-0.39, 0.29) is 23.9 Å². The van der Waals surface area contributed by atoms with Gasteiger partial charge in [0.05, 0.1) is 18.6 Å². The van der Waals surface area contributed by atoms with E-state index in [4.69, 9.17) is 9.47 Å². The summed E-state index contributed by atoms with van der Waals surface area (Å²) in [7, 11) is -0.619. The first-order valence-electron chi connectivity index (χ1n) is 7.77. The monoisotopic (exact) mass is 358 g/mol. The largest absolute Gasteiger partial charge is 0.496 e. The van der Waals surface area contributed by atoms with Crippen molar-refractivity contribution in [2.45, 2.75) is 25.2 Å². The molecule has 0 spiro atoms. The molecule has 1 aromatic carbocycles. The highest BCUT2D eigenvalue weighted by Gasteiger charge is 2.25. The second-order valence-corrected chi connectivity index (χ2v) is 7.20. The summed E-state index contributed by atoms with van der Waals surface area (Å²) in [5.41, 5.74) is 0.721. The maximum atomic E-state index is 12.7. The van der Waals surface area contributed by atoms with Gasteiger partial charge in [0.1, 0.15) is 5.75 Å². The van der Waals surface area contributed by atoms with E-state index in [1.165, 1.54) is 13.2 Å². The zero-order chi connectivity index (χ0) is 18.2. The molecule has 24 heavy (non-hydrogen) atoms. The molecule has 0 aliphatic carbocycles. The molecule has 0 aliphatic rings. The number of sulfonamides is 1. The van der Waals surface area contributed by atoms with Gasteiger partial charge in [-0.1, -0.05) is 6.92 Å². The molecule has 7 nitrogen and oxygen atoms in total. The molecule has 1 N–H and O–H groups in total. The van der Waals surface area contributed by atoms with E-state index in [0.29, 0.717) is 25.3 Å². The van der Waals surface area contributed by atoms with Gasteiger partial charge in [0.25, 0.3) is 0 Å². The van der Waals surface area contributed by atoms with Crippen LogP contribution < -0.4 is 10.1 Å². The normalized spacial score (nSPS) is 11.5. The molecular weight excluding hydrogens is 332 g/mol. The number of nitrogens with zero attached hydrogens (tertiary/aromatic N) is 1. The number of carbonyl (C=O) groups is 1. The van der Waals surface area contributed by atoms with Gasteiger partial charge in [-0.3, -0.25) is 4.79 Å². The first-order chi connectivity index (χ1) is 11.4. The minimum Gasteiger partial charge on any atom is -0.496 e. The van der Waals surface area contributed by atoms with Crippen LogP contribution in [0.2, 0.25) is 0 Å². The van der Waals surface area contributed by atoms with Crippen molar-refractivity contribution in [1.82, 2.24) is 9.62 Å². The Labute approximate surface area is 144 Å². The molecule has 0 fully saturated rings. The molecule has 0 aromatic heterocycles. The molecule has 136 valence electrons. The van der Waals surface area contributed by atoms with E-state index >= 15 is 0 Å². The fraction of sp³-hybridized carbons (Fsp3) is 0.562. The predicted molar refractivity (Wildman–Crippen MR) is 91.7 cm³/mol. The Morgan fingerprint density at radius 3 is 2.54 bits per heavy atom. The molecule has 1 amide bonds. The zero-order valence-electron chi connectivity index (χ0n) is 14.7. The average Bonchev–Trinajstić information content (AvgIpc) is 2.56. The van der Waals surface area contributed by atoms with Crippen LogP contribution in [0.3, 0.4) is 0 Å². The SMILES string of the molecule is CCN(CC(=O)NCCCOC)S(=O)(=O)c1ccc(OC)c(C)c1. The average molecular weight is 358 g/mol. The molecular formula is C16H26N2O5S. The number of aryl methyl sites for hydroxylation is 1. The van der Waals surface area contributed by atoms with Gasteiger partial charge in [0.2, 0.25) is 15.9 Å². The lowest BCUT2D eigenvalue weighted by Gasteiger charge is -2.20. The number of likely N-dealkylation sites (N-methyl/N-ethyl adjacent to an activating group) is 1. The highest BCUT2D eigenvalue weighted by atomic mass is 32.2. The fourth-order valence-electron chi connectivity index (χ4n) is 2.19. The summed E-state index contributed by atoms with van der Waals surface area (Å²) in [6.45, 7) is 4.46. The highest BCUT2D eigenvalue weighted by Crippen LogP contribution is 2.23. The van der Waals surface area contributed by atoms with Gasteiger partial charge in [-0.05, 0) is 37.1 Å². The van der Waals surface area contributed by atoms with E-state index in [9.17, 15) is 13.2 Å². The Balaban J connectivity index is 2.82. The number of nitrogens with one attached hydrogen (secondary N) is 1. The number of ether oxygens (including phenoxy) is 2. The van der Waals surface area contributed by atoms with Crippen LogP contribution in [0.4, 0.5) is 0 Å². The highest BCUT2D eigenvalue weighted by molar-refractivity contribution is 7.89. The third-order valence-corrected chi connectivity index (χ3v) is 5.44. The van der Waals surface area contributed by atoms with Crippen LogP contribution in [0, 0.1) is 6.92 Å². The van der Waals surface area contributed by atoms with Gasteiger partial charge in [-0.15, -0.1) is 0 Å². The van der Waals surface area contributed by atoms with E-state index in [1.807, 2.05) is 0 Å². The summed E-state index contributed by atoms with van der Waals surface area (Å²) in [5.74, 6) is 0.287. The van der Waals surface area contributed by atoms with Gasteiger partial charge < -0.3 is 14.8 Å². The maximum Gasteiger partial charge on any atom is 0.243 e. The molecule has 0 radical (unpaired) electrons. The second kappa shape index (κ2) is 9.61. The Kier molecular flexibility index (Phi) is 8.17. The summed E-state index contributed by atoms with van der Waals surface area (Å²) < 4.78 is 36.6. The van der Waals surface area contributed by atoms with Crippen molar-refractivity contribution in [2.24, 2.45) is 0 Å². The number of benzene rings is 1. The van der Waals surface area contributed by atoms with Crippen LogP contribution in [0.25, 0.3) is 0 Å². The first kappa shape index (κ1) is 20.4. The molecule has 8 heteroatoms. The van der Waals surface area contributed by atoms with Crippen LogP contribution in [0.1, 0.15) is 18.9 Å². The fourth-order valence-corrected chi connectivity index (χ4v) is 3.68. The third kappa shape index (κ3) is 5.47. The molecule has 0 saturated carbocycles.